The van der Waals surface area contributed by atoms with Crippen molar-refractivity contribution in [1.29, 1.82) is 0 Å². The molecule has 0 aliphatic carbocycles. The molecule has 0 N–H and O–H groups in total. The number of carbonyl (C=O) groups is 1. The summed E-state index contributed by atoms with van der Waals surface area (Å²) in [6.07, 6.45) is -1.49. The van der Waals surface area contributed by atoms with Gasteiger partial charge in [-0.25, -0.2) is 4.39 Å². The van der Waals surface area contributed by atoms with Gasteiger partial charge in [0.15, 0.2) is 0 Å². The van der Waals surface area contributed by atoms with Crippen molar-refractivity contribution in [2.45, 2.75) is 12.6 Å². The van der Waals surface area contributed by atoms with Gasteiger partial charge >= 0.3 is 5.97 Å². The molecule has 0 fully saturated rings. The van der Waals surface area contributed by atoms with Gasteiger partial charge in [-0.05, 0) is 5.56 Å². The van der Waals surface area contributed by atoms with Crippen LogP contribution in [0, 0.1) is 0 Å². The monoisotopic (exact) mass is 182 g/mol. The summed E-state index contributed by atoms with van der Waals surface area (Å²) in [5, 5.41) is 0. The highest BCUT2D eigenvalue weighted by Crippen LogP contribution is 2.20. The summed E-state index contributed by atoms with van der Waals surface area (Å²) < 4.78 is 17.6. The molecule has 0 aliphatic heterocycles. The Kier molecular flexibility index (Phi) is 3.43. The van der Waals surface area contributed by atoms with Crippen molar-refractivity contribution >= 4 is 5.97 Å². The van der Waals surface area contributed by atoms with Crippen LogP contribution in [0.2, 0.25) is 0 Å². The fourth-order valence-electron chi connectivity index (χ4n) is 1.01. The van der Waals surface area contributed by atoms with Crippen molar-refractivity contribution in [3.05, 3.63) is 35.9 Å². The Morgan fingerprint density at radius 3 is 2.62 bits per heavy atom. The summed E-state index contributed by atoms with van der Waals surface area (Å²) in [7, 11) is 1.25. The smallest absolute Gasteiger partial charge is 0.308 e. The Morgan fingerprint density at radius 2 is 2.08 bits per heavy atom. The van der Waals surface area contributed by atoms with E-state index in [9.17, 15) is 9.18 Å². The largest absolute Gasteiger partial charge is 0.469 e. The van der Waals surface area contributed by atoms with Crippen molar-refractivity contribution in [3.63, 3.8) is 0 Å². The molecule has 1 aromatic carbocycles. The first-order valence-electron chi connectivity index (χ1n) is 4.00. The van der Waals surface area contributed by atoms with E-state index < -0.39 is 12.1 Å². The third kappa shape index (κ3) is 2.86. The maximum absolute atomic E-state index is 13.3. The minimum atomic E-state index is -1.27. The standard InChI is InChI=1S/C10H11FO2/c1-13-10(12)7-9(11)8-5-3-2-4-6-8/h2-6,9H,7H2,1H3. The molecule has 0 bridgehead atoms. The van der Waals surface area contributed by atoms with E-state index in [1.807, 2.05) is 0 Å². The minimum Gasteiger partial charge on any atom is -0.469 e. The lowest BCUT2D eigenvalue weighted by Gasteiger charge is -2.05. The lowest BCUT2D eigenvalue weighted by molar-refractivity contribution is -0.141. The van der Waals surface area contributed by atoms with E-state index in [-0.39, 0.29) is 6.42 Å². The van der Waals surface area contributed by atoms with Gasteiger partial charge in [0.05, 0.1) is 13.5 Å². The first kappa shape index (κ1) is 9.71. The van der Waals surface area contributed by atoms with E-state index in [1.54, 1.807) is 30.3 Å². The van der Waals surface area contributed by atoms with Crippen molar-refractivity contribution in [1.82, 2.24) is 0 Å². The molecule has 0 saturated heterocycles. The Morgan fingerprint density at radius 1 is 1.46 bits per heavy atom. The van der Waals surface area contributed by atoms with Crippen LogP contribution in [0.3, 0.4) is 0 Å². The summed E-state index contributed by atoms with van der Waals surface area (Å²) in [5.41, 5.74) is 0.507. The van der Waals surface area contributed by atoms with Gasteiger partial charge in [-0.2, -0.15) is 0 Å². The molecule has 1 atom stereocenters. The van der Waals surface area contributed by atoms with Crippen LogP contribution in [0.5, 0.6) is 0 Å². The van der Waals surface area contributed by atoms with Crippen LogP contribution in [0.1, 0.15) is 18.2 Å². The van der Waals surface area contributed by atoms with E-state index in [0.29, 0.717) is 5.56 Å². The third-order valence-electron chi connectivity index (χ3n) is 1.73. The molecule has 1 unspecified atom stereocenters. The molecule has 0 aromatic heterocycles. The molecular weight excluding hydrogens is 171 g/mol. The molecule has 0 saturated carbocycles. The molecule has 2 nitrogen and oxygen atoms in total. The molecule has 3 heteroatoms. The lowest BCUT2D eigenvalue weighted by atomic mass is 10.1. The molecule has 0 amide bonds. The van der Waals surface area contributed by atoms with Crippen LogP contribution >= 0.6 is 0 Å². The normalized spacial score (nSPS) is 12.2. The summed E-state index contributed by atoms with van der Waals surface area (Å²) in [6.45, 7) is 0. The molecule has 0 heterocycles. The molecule has 0 aliphatic rings. The number of alkyl halides is 1. The van der Waals surface area contributed by atoms with Gasteiger partial charge in [-0.3, -0.25) is 4.79 Å². The van der Waals surface area contributed by atoms with Gasteiger partial charge in [0, 0.05) is 0 Å². The molecule has 1 aromatic rings. The number of ether oxygens (including phenoxy) is 1. The molecule has 0 spiro atoms. The fraction of sp³-hybridized carbons (Fsp3) is 0.300. The first-order chi connectivity index (χ1) is 6.24. The highest BCUT2D eigenvalue weighted by molar-refractivity contribution is 5.70. The average Bonchev–Trinajstić information content (AvgIpc) is 2.19. The Labute approximate surface area is 76.3 Å². The predicted molar refractivity (Wildman–Crippen MR) is 46.9 cm³/mol. The lowest BCUT2D eigenvalue weighted by Crippen LogP contribution is -2.04. The Balaban J connectivity index is 2.59. The second-order valence-electron chi connectivity index (χ2n) is 2.66. The molecule has 13 heavy (non-hydrogen) atoms. The molecule has 70 valence electrons. The number of hydrogen-bond acceptors (Lipinski definition) is 2. The highest BCUT2D eigenvalue weighted by atomic mass is 19.1. The second-order valence-corrected chi connectivity index (χ2v) is 2.66. The second kappa shape index (κ2) is 4.60. The summed E-state index contributed by atoms with van der Waals surface area (Å²) in [5.74, 6) is -0.531. The van der Waals surface area contributed by atoms with E-state index in [4.69, 9.17) is 0 Å². The van der Waals surface area contributed by atoms with Crippen molar-refractivity contribution in [2.75, 3.05) is 7.11 Å². The van der Waals surface area contributed by atoms with Crippen molar-refractivity contribution < 1.29 is 13.9 Å². The summed E-state index contributed by atoms with van der Waals surface area (Å²) >= 11 is 0. The van der Waals surface area contributed by atoms with Crippen LogP contribution in [0.4, 0.5) is 4.39 Å². The minimum absolute atomic E-state index is 0.222. The number of esters is 1. The van der Waals surface area contributed by atoms with Gasteiger partial charge in [-0.1, -0.05) is 30.3 Å². The van der Waals surface area contributed by atoms with Crippen LogP contribution in [0.25, 0.3) is 0 Å². The molecule has 0 radical (unpaired) electrons. The average molecular weight is 182 g/mol. The Bertz CT molecular complexity index is 272. The fourth-order valence-corrected chi connectivity index (χ4v) is 1.01. The van der Waals surface area contributed by atoms with Crippen LogP contribution < -0.4 is 0 Å². The maximum atomic E-state index is 13.3. The zero-order valence-corrected chi connectivity index (χ0v) is 7.37. The maximum Gasteiger partial charge on any atom is 0.308 e. The van der Waals surface area contributed by atoms with E-state index in [0.717, 1.165) is 0 Å². The number of rotatable bonds is 3. The third-order valence-corrected chi connectivity index (χ3v) is 1.73. The van der Waals surface area contributed by atoms with E-state index >= 15 is 0 Å². The predicted octanol–water partition coefficient (Wildman–Crippen LogP) is 2.26. The molecular formula is C10H11FO2. The summed E-state index contributed by atoms with van der Waals surface area (Å²) in [6, 6.07) is 8.56. The topological polar surface area (TPSA) is 26.3 Å². The van der Waals surface area contributed by atoms with Gasteiger partial charge in [0.2, 0.25) is 0 Å². The van der Waals surface area contributed by atoms with Crippen LogP contribution in [-0.2, 0) is 9.53 Å². The number of methoxy groups -OCH3 is 1. The SMILES string of the molecule is COC(=O)CC(F)c1ccccc1. The van der Waals surface area contributed by atoms with Gasteiger partial charge in [-0.15, -0.1) is 0 Å². The number of carbonyl (C=O) groups excluding carboxylic acids is 1. The van der Waals surface area contributed by atoms with Gasteiger partial charge < -0.3 is 4.74 Å². The van der Waals surface area contributed by atoms with E-state index in [2.05, 4.69) is 4.74 Å². The van der Waals surface area contributed by atoms with Crippen molar-refractivity contribution in [3.8, 4) is 0 Å². The van der Waals surface area contributed by atoms with Crippen LogP contribution in [0.15, 0.2) is 30.3 Å². The number of hydrogen-bond donors (Lipinski definition) is 0. The zero-order valence-electron chi connectivity index (χ0n) is 7.37. The number of benzene rings is 1. The summed E-state index contributed by atoms with van der Waals surface area (Å²) in [4.78, 5) is 10.7. The van der Waals surface area contributed by atoms with Gasteiger partial charge in [0.1, 0.15) is 6.17 Å². The van der Waals surface area contributed by atoms with Crippen LogP contribution in [-0.4, -0.2) is 13.1 Å². The first-order valence-corrected chi connectivity index (χ1v) is 4.00. The number of halogens is 1. The Hall–Kier alpha value is -1.38. The van der Waals surface area contributed by atoms with Crippen molar-refractivity contribution in [2.24, 2.45) is 0 Å². The molecule has 1 rings (SSSR count). The van der Waals surface area contributed by atoms with Gasteiger partial charge in [0.25, 0.3) is 0 Å². The zero-order chi connectivity index (χ0) is 9.68. The quantitative estimate of drug-likeness (QED) is 0.670. The van der Waals surface area contributed by atoms with E-state index in [1.165, 1.54) is 7.11 Å². The highest BCUT2D eigenvalue weighted by Gasteiger charge is 2.14.